The molecule has 3 rings (SSSR count). The highest BCUT2D eigenvalue weighted by atomic mass is 19.1. The van der Waals surface area contributed by atoms with Crippen molar-refractivity contribution in [3.05, 3.63) is 35.6 Å². The van der Waals surface area contributed by atoms with Crippen LogP contribution in [0.2, 0.25) is 0 Å². The Morgan fingerprint density at radius 1 is 1.43 bits per heavy atom. The van der Waals surface area contributed by atoms with E-state index < -0.39 is 0 Å². The zero-order valence-corrected chi connectivity index (χ0v) is 13.3. The van der Waals surface area contributed by atoms with Gasteiger partial charge in [-0.3, -0.25) is 14.5 Å². The summed E-state index contributed by atoms with van der Waals surface area (Å²) in [4.78, 5) is 27.6. The summed E-state index contributed by atoms with van der Waals surface area (Å²) in [5.41, 5.74) is 0.614. The van der Waals surface area contributed by atoms with E-state index in [1.54, 1.807) is 17.0 Å². The van der Waals surface area contributed by atoms with E-state index >= 15 is 0 Å². The number of carbonyl (C=O) groups excluding carboxylic acids is 2. The Bertz CT molecular complexity index is 603. The molecule has 23 heavy (non-hydrogen) atoms. The van der Waals surface area contributed by atoms with E-state index in [0.717, 1.165) is 12.8 Å². The van der Waals surface area contributed by atoms with Crippen LogP contribution in [0.15, 0.2) is 24.3 Å². The SMILES string of the molecule is C[C@@H](c1ccccc1F)N(CC(=O)N1CCNC(=O)C1)C1CC1. The number of nitrogens with zero attached hydrogens (tertiary/aromatic N) is 2. The zero-order valence-electron chi connectivity index (χ0n) is 13.3. The summed E-state index contributed by atoms with van der Waals surface area (Å²) in [6, 6.07) is 6.88. The number of hydrogen-bond acceptors (Lipinski definition) is 3. The standard InChI is InChI=1S/C17H22FN3O2/c1-12(14-4-2-3-5-15(14)18)21(13-6-7-13)11-17(23)20-9-8-19-16(22)10-20/h2-5,12-13H,6-11H2,1H3,(H,19,22)/t12-/m0/s1. The van der Waals surface area contributed by atoms with Crippen LogP contribution in [0.5, 0.6) is 0 Å². The number of nitrogens with one attached hydrogen (secondary N) is 1. The molecule has 0 unspecified atom stereocenters. The van der Waals surface area contributed by atoms with Crippen LogP contribution in [0, 0.1) is 5.82 Å². The molecule has 0 aromatic heterocycles. The van der Waals surface area contributed by atoms with Crippen molar-refractivity contribution >= 4 is 11.8 Å². The van der Waals surface area contributed by atoms with Crippen LogP contribution in [0.3, 0.4) is 0 Å². The molecule has 1 saturated carbocycles. The minimum absolute atomic E-state index is 0.0602. The monoisotopic (exact) mass is 319 g/mol. The van der Waals surface area contributed by atoms with E-state index in [4.69, 9.17) is 0 Å². The summed E-state index contributed by atoms with van der Waals surface area (Å²) < 4.78 is 14.1. The summed E-state index contributed by atoms with van der Waals surface area (Å²) in [6.45, 7) is 3.32. The van der Waals surface area contributed by atoms with Gasteiger partial charge < -0.3 is 10.2 Å². The molecular formula is C17H22FN3O2. The molecule has 1 atom stereocenters. The first-order chi connectivity index (χ1) is 11.1. The number of carbonyl (C=O) groups is 2. The summed E-state index contributed by atoms with van der Waals surface area (Å²) in [5.74, 6) is -0.421. The summed E-state index contributed by atoms with van der Waals surface area (Å²) in [7, 11) is 0. The lowest BCUT2D eigenvalue weighted by Gasteiger charge is -2.33. The minimum atomic E-state index is -0.240. The van der Waals surface area contributed by atoms with Gasteiger partial charge in [0.15, 0.2) is 0 Å². The van der Waals surface area contributed by atoms with Crippen LogP contribution in [-0.4, -0.2) is 53.8 Å². The van der Waals surface area contributed by atoms with Crippen molar-refractivity contribution in [3.63, 3.8) is 0 Å². The van der Waals surface area contributed by atoms with E-state index in [0.29, 0.717) is 24.7 Å². The largest absolute Gasteiger partial charge is 0.353 e. The molecule has 1 aromatic rings. The quantitative estimate of drug-likeness (QED) is 0.890. The van der Waals surface area contributed by atoms with Crippen molar-refractivity contribution in [3.8, 4) is 0 Å². The smallest absolute Gasteiger partial charge is 0.239 e. The second-order valence-electron chi connectivity index (χ2n) is 6.27. The highest BCUT2D eigenvalue weighted by Crippen LogP contribution is 2.34. The van der Waals surface area contributed by atoms with Gasteiger partial charge in [0.1, 0.15) is 5.82 Å². The van der Waals surface area contributed by atoms with Crippen molar-refractivity contribution in [2.45, 2.75) is 31.8 Å². The lowest BCUT2D eigenvalue weighted by Crippen LogP contribution is -2.52. The van der Waals surface area contributed by atoms with Crippen LogP contribution in [0.1, 0.15) is 31.4 Å². The zero-order chi connectivity index (χ0) is 16.4. The molecule has 124 valence electrons. The van der Waals surface area contributed by atoms with E-state index in [-0.39, 0.29) is 36.8 Å². The number of benzene rings is 1. The maximum absolute atomic E-state index is 14.1. The minimum Gasteiger partial charge on any atom is -0.353 e. The molecule has 1 N–H and O–H groups in total. The summed E-state index contributed by atoms with van der Waals surface area (Å²) in [6.07, 6.45) is 2.07. The van der Waals surface area contributed by atoms with Gasteiger partial charge in [0.25, 0.3) is 0 Å². The van der Waals surface area contributed by atoms with Crippen LogP contribution in [0.25, 0.3) is 0 Å². The van der Waals surface area contributed by atoms with Crippen LogP contribution in [-0.2, 0) is 9.59 Å². The second-order valence-corrected chi connectivity index (χ2v) is 6.27. The molecule has 1 heterocycles. The average molecular weight is 319 g/mol. The van der Waals surface area contributed by atoms with Crippen LogP contribution < -0.4 is 5.32 Å². The first-order valence-electron chi connectivity index (χ1n) is 8.11. The molecule has 0 radical (unpaired) electrons. The Morgan fingerprint density at radius 2 is 2.17 bits per heavy atom. The summed E-state index contributed by atoms with van der Waals surface area (Å²) in [5, 5.41) is 2.72. The van der Waals surface area contributed by atoms with Gasteiger partial charge in [-0.15, -0.1) is 0 Å². The van der Waals surface area contributed by atoms with Crippen LogP contribution >= 0.6 is 0 Å². The lowest BCUT2D eigenvalue weighted by molar-refractivity contribution is -0.139. The predicted octanol–water partition coefficient (Wildman–Crippen LogP) is 1.31. The van der Waals surface area contributed by atoms with Crippen molar-refractivity contribution in [2.75, 3.05) is 26.2 Å². The highest BCUT2D eigenvalue weighted by Gasteiger charge is 2.36. The third kappa shape index (κ3) is 3.69. The van der Waals surface area contributed by atoms with E-state index in [1.807, 2.05) is 13.0 Å². The van der Waals surface area contributed by atoms with Gasteiger partial charge in [-0.25, -0.2) is 4.39 Å². The predicted molar refractivity (Wildman–Crippen MR) is 84.1 cm³/mol. The Morgan fingerprint density at radius 3 is 2.83 bits per heavy atom. The number of hydrogen-bond donors (Lipinski definition) is 1. The maximum atomic E-state index is 14.1. The molecule has 5 nitrogen and oxygen atoms in total. The average Bonchev–Trinajstić information content (AvgIpc) is 3.37. The number of amides is 2. The Labute approximate surface area is 135 Å². The fraction of sp³-hybridized carbons (Fsp3) is 0.529. The van der Waals surface area contributed by atoms with Gasteiger partial charge in [-0.2, -0.15) is 0 Å². The van der Waals surface area contributed by atoms with Gasteiger partial charge >= 0.3 is 0 Å². The number of rotatable bonds is 5. The Balaban J connectivity index is 1.71. The molecule has 0 spiro atoms. The normalized spacial score (nSPS) is 19.6. The molecule has 1 aromatic carbocycles. The third-order valence-electron chi connectivity index (χ3n) is 4.58. The molecule has 0 bridgehead atoms. The molecule has 1 aliphatic heterocycles. The van der Waals surface area contributed by atoms with Crippen molar-refractivity contribution in [1.29, 1.82) is 0 Å². The molecular weight excluding hydrogens is 297 g/mol. The van der Waals surface area contributed by atoms with Crippen LogP contribution in [0.4, 0.5) is 4.39 Å². The molecule has 2 fully saturated rings. The Hall–Kier alpha value is -1.95. The van der Waals surface area contributed by atoms with Crippen molar-refractivity contribution < 1.29 is 14.0 Å². The van der Waals surface area contributed by atoms with Gasteiger partial charge in [0.2, 0.25) is 11.8 Å². The topological polar surface area (TPSA) is 52.7 Å². The lowest BCUT2D eigenvalue weighted by atomic mass is 10.1. The first kappa shape index (κ1) is 15.9. The number of halogens is 1. The molecule has 6 heteroatoms. The van der Waals surface area contributed by atoms with Crippen molar-refractivity contribution in [1.82, 2.24) is 15.1 Å². The van der Waals surface area contributed by atoms with Gasteiger partial charge in [-0.1, -0.05) is 18.2 Å². The van der Waals surface area contributed by atoms with Crippen molar-refractivity contribution in [2.24, 2.45) is 0 Å². The second kappa shape index (κ2) is 6.66. The van der Waals surface area contributed by atoms with E-state index in [1.165, 1.54) is 6.07 Å². The first-order valence-corrected chi connectivity index (χ1v) is 8.11. The fourth-order valence-corrected chi connectivity index (χ4v) is 3.09. The van der Waals surface area contributed by atoms with Gasteiger partial charge in [-0.05, 0) is 25.8 Å². The fourth-order valence-electron chi connectivity index (χ4n) is 3.09. The Kier molecular flexibility index (Phi) is 4.61. The van der Waals surface area contributed by atoms with Gasteiger partial charge in [0.05, 0.1) is 13.1 Å². The van der Waals surface area contributed by atoms with E-state index in [2.05, 4.69) is 10.2 Å². The molecule has 2 aliphatic rings. The van der Waals surface area contributed by atoms with E-state index in [9.17, 15) is 14.0 Å². The maximum Gasteiger partial charge on any atom is 0.239 e. The number of piperazine rings is 1. The summed E-state index contributed by atoms with van der Waals surface area (Å²) >= 11 is 0. The highest BCUT2D eigenvalue weighted by molar-refractivity contribution is 5.86. The third-order valence-corrected chi connectivity index (χ3v) is 4.58. The molecule has 1 aliphatic carbocycles. The van der Waals surface area contributed by atoms with Gasteiger partial charge in [0, 0.05) is 30.7 Å². The molecule has 1 saturated heterocycles. The molecule has 2 amide bonds.